The van der Waals surface area contributed by atoms with Crippen LogP contribution in [-0.2, 0) is 4.74 Å². The predicted octanol–water partition coefficient (Wildman–Crippen LogP) is 3.01. The van der Waals surface area contributed by atoms with Gasteiger partial charge in [-0.3, -0.25) is 0 Å². The Bertz CT molecular complexity index is 753. The lowest BCUT2D eigenvalue weighted by atomic mass is 9.98. The van der Waals surface area contributed by atoms with Crippen LogP contribution in [0.4, 0.5) is 5.82 Å². The van der Waals surface area contributed by atoms with Crippen molar-refractivity contribution in [1.82, 2.24) is 19.9 Å². The molecule has 7 heteroatoms. The van der Waals surface area contributed by atoms with E-state index in [0.29, 0.717) is 11.7 Å². The van der Waals surface area contributed by atoms with Crippen LogP contribution in [0.15, 0.2) is 29.1 Å². The highest BCUT2D eigenvalue weighted by atomic mass is 79.9. The first-order valence-corrected chi connectivity index (χ1v) is 9.32. The van der Waals surface area contributed by atoms with E-state index in [4.69, 9.17) is 10.5 Å². The van der Waals surface area contributed by atoms with Crippen molar-refractivity contribution in [3.8, 4) is 0 Å². The molecule has 0 unspecified atom stereocenters. The fourth-order valence-electron chi connectivity index (χ4n) is 3.60. The molecule has 0 amide bonds. The molecule has 2 saturated heterocycles. The van der Waals surface area contributed by atoms with Gasteiger partial charge in [0.2, 0.25) is 0 Å². The molecule has 2 aromatic rings. The summed E-state index contributed by atoms with van der Waals surface area (Å²) in [5, 5.41) is 4.30. The zero-order chi connectivity index (χ0) is 16.5. The van der Waals surface area contributed by atoms with Gasteiger partial charge in [-0.05, 0) is 54.1 Å². The van der Waals surface area contributed by atoms with E-state index in [1.807, 2.05) is 6.20 Å². The molecule has 2 aliphatic rings. The van der Waals surface area contributed by atoms with Crippen LogP contribution in [-0.4, -0.2) is 33.7 Å². The molecule has 128 valence electrons. The van der Waals surface area contributed by atoms with Gasteiger partial charge in [-0.25, -0.2) is 9.97 Å². The standard InChI is InChI=1S/C17H22BrN5O/c18-13-9-23(17-15(13)16(19)21-10-22-17)14-6-5-12(24-14)4-3-11-2-1-7-20-8-11/h3-4,9-12,14,20H,1-2,5-8H2,(H2,19,21,22)/b4-3+/t11-,12+,14-/m1/s1. The van der Waals surface area contributed by atoms with Crippen molar-refractivity contribution < 1.29 is 4.74 Å². The molecule has 2 aromatic heterocycles. The van der Waals surface area contributed by atoms with Crippen molar-refractivity contribution in [2.24, 2.45) is 5.92 Å². The van der Waals surface area contributed by atoms with Gasteiger partial charge < -0.3 is 20.4 Å². The van der Waals surface area contributed by atoms with Gasteiger partial charge in [0.1, 0.15) is 24.0 Å². The summed E-state index contributed by atoms with van der Waals surface area (Å²) in [5.74, 6) is 1.13. The first-order chi connectivity index (χ1) is 11.7. The minimum absolute atomic E-state index is 0.00719. The highest BCUT2D eigenvalue weighted by molar-refractivity contribution is 9.10. The summed E-state index contributed by atoms with van der Waals surface area (Å²) in [6, 6.07) is 0. The molecule has 0 saturated carbocycles. The second-order valence-electron chi connectivity index (χ2n) is 6.54. The van der Waals surface area contributed by atoms with E-state index < -0.39 is 0 Å². The molecule has 4 rings (SSSR count). The molecular formula is C17H22BrN5O. The molecule has 3 N–H and O–H groups in total. The summed E-state index contributed by atoms with van der Waals surface area (Å²) in [6.07, 6.45) is 12.8. The van der Waals surface area contributed by atoms with Gasteiger partial charge in [0.15, 0.2) is 0 Å². The lowest BCUT2D eigenvalue weighted by molar-refractivity contribution is 0.0259. The van der Waals surface area contributed by atoms with Gasteiger partial charge in [0.05, 0.1) is 11.5 Å². The van der Waals surface area contributed by atoms with Gasteiger partial charge in [-0.2, -0.15) is 0 Å². The maximum Gasteiger partial charge on any atom is 0.148 e. The van der Waals surface area contributed by atoms with Crippen molar-refractivity contribution in [3.05, 3.63) is 29.1 Å². The Kier molecular flexibility index (Phi) is 4.56. The van der Waals surface area contributed by atoms with Crippen LogP contribution in [0.5, 0.6) is 0 Å². The van der Waals surface area contributed by atoms with Crippen LogP contribution in [0.1, 0.15) is 31.9 Å². The van der Waals surface area contributed by atoms with Gasteiger partial charge >= 0.3 is 0 Å². The zero-order valence-electron chi connectivity index (χ0n) is 13.5. The van der Waals surface area contributed by atoms with E-state index >= 15 is 0 Å². The molecule has 0 bridgehead atoms. The second kappa shape index (κ2) is 6.82. The lowest BCUT2D eigenvalue weighted by Crippen LogP contribution is -2.28. The SMILES string of the molecule is Nc1ncnc2c1c(Br)cn2[C@H]1CC[C@H](/C=C/[C@H]2CCCNC2)O1. The maximum absolute atomic E-state index is 6.23. The minimum atomic E-state index is -0.00719. The Morgan fingerprint density at radius 1 is 1.29 bits per heavy atom. The summed E-state index contributed by atoms with van der Waals surface area (Å²) in [7, 11) is 0. The minimum Gasteiger partial charge on any atom is -0.383 e. The van der Waals surface area contributed by atoms with Crippen molar-refractivity contribution in [3.63, 3.8) is 0 Å². The van der Waals surface area contributed by atoms with Crippen molar-refractivity contribution in [1.29, 1.82) is 0 Å². The number of nitrogens with two attached hydrogens (primary N) is 1. The number of piperidine rings is 1. The number of nitrogen functional groups attached to an aromatic ring is 1. The van der Waals surface area contributed by atoms with Crippen LogP contribution in [0.2, 0.25) is 0 Å². The molecule has 0 radical (unpaired) electrons. The number of nitrogens with one attached hydrogen (secondary N) is 1. The molecule has 6 nitrogen and oxygen atoms in total. The first-order valence-electron chi connectivity index (χ1n) is 8.53. The van der Waals surface area contributed by atoms with Gasteiger partial charge in [0.25, 0.3) is 0 Å². The van der Waals surface area contributed by atoms with Crippen LogP contribution in [0, 0.1) is 5.92 Å². The van der Waals surface area contributed by atoms with Crippen molar-refractivity contribution in [2.75, 3.05) is 18.8 Å². The molecule has 2 fully saturated rings. The summed E-state index contributed by atoms with van der Waals surface area (Å²) in [6.45, 7) is 2.23. The normalized spacial score (nSPS) is 28.1. The Labute approximate surface area is 149 Å². The molecule has 24 heavy (non-hydrogen) atoms. The highest BCUT2D eigenvalue weighted by Crippen LogP contribution is 2.36. The predicted molar refractivity (Wildman–Crippen MR) is 97.5 cm³/mol. The smallest absolute Gasteiger partial charge is 0.148 e. The average Bonchev–Trinajstić information content (AvgIpc) is 3.19. The van der Waals surface area contributed by atoms with E-state index in [2.05, 4.69) is 47.9 Å². The monoisotopic (exact) mass is 391 g/mol. The maximum atomic E-state index is 6.23. The fourth-order valence-corrected chi connectivity index (χ4v) is 4.20. The van der Waals surface area contributed by atoms with Gasteiger partial charge in [-0.1, -0.05) is 12.2 Å². The number of hydrogen-bond donors (Lipinski definition) is 2. The Morgan fingerprint density at radius 3 is 3.04 bits per heavy atom. The van der Waals surface area contributed by atoms with Crippen LogP contribution >= 0.6 is 15.9 Å². The van der Waals surface area contributed by atoms with Gasteiger partial charge in [-0.15, -0.1) is 0 Å². The molecule has 3 atom stereocenters. The van der Waals surface area contributed by atoms with Crippen molar-refractivity contribution >= 4 is 32.8 Å². The van der Waals surface area contributed by atoms with E-state index in [1.165, 1.54) is 19.2 Å². The van der Waals surface area contributed by atoms with Crippen LogP contribution in [0.25, 0.3) is 11.0 Å². The number of halogens is 1. The van der Waals surface area contributed by atoms with Crippen molar-refractivity contribution in [2.45, 2.75) is 38.0 Å². The third kappa shape index (κ3) is 3.08. The topological polar surface area (TPSA) is 78.0 Å². The number of nitrogens with zero attached hydrogens (tertiary/aromatic N) is 3. The molecule has 0 aliphatic carbocycles. The summed E-state index contributed by atoms with van der Waals surface area (Å²) < 4.78 is 9.21. The zero-order valence-corrected chi connectivity index (χ0v) is 15.1. The van der Waals surface area contributed by atoms with E-state index in [1.54, 1.807) is 0 Å². The molecule has 0 aromatic carbocycles. The number of anilines is 1. The number of hydrogen-bond acceptors (Lipinski definition) is 5. The number of aromatic nitrogens is 3. The van der Waals surface area contributed by atoms with E-state index in [0.717, 1.165) is 41.4 Å². The third-order valence-corrected chi connectivity index (χ3v) is 5.47. The first kappa shape index (κ1) is 16.1. The van der Waals surface area contributed by atoms with Crippen LogP contribution < -0.4 is 11.1 Å². The Balaban J connectivity index is 1.49. The summed E-state index contributed by atoms with van der Waals surface area (Å²) in [5.41, 5.74) is 6.79. The quantitative estimate of drug-likeness (QED) is 0.786. The summed E-state index contributed by atoms with van der Waals surface area (Å²) in [4.78, 5) is 8.46. The van der Waals surface area contributed by atoms with E-state index in [9.17, 15) is 0 Å². The van der Waals surface area contributed by atoms with Crippen LogP contribution in [0.3, 0.4) is 0 Å². The molecule has 2 aliphatic heterocycles. The lowest BCUT2D eigenvalue weighted by Gasteiger charge is -2.20. The number of ether oxygens (including phenoxy) is 1. The Morgan fingerprint density at radius 2 is 2.21 bits per heavy atom. The average molecular weight is 392 g/mol. The Hall–Kier alpha value is -1.44. The van der Waals surface area contributed by atoms with Gasteiger partial charge in [0, 0.05) is 17.2 Å². The van der Waals surface area contributed by atoms with E-state index in [-0.39, 0.29) is 12.3 Å². The number of rotatable bonds is 3. The second-order valence-corrected chi connectivity index (χ2v) is 7.39. The molecule has 0 spiro atoms. The fraction of sp³-hybridized carbons (Fsp3) is 0.529. The molecule has 4 heterocycles. The summed E-state index contributed by atoms with van der Waals surface area (Å²) >= 11 is 3.56. The molecular weight excluding hydrogens is 370 g/mol. The number of fused-ring (bicyclic) bond motifs is 1. The highest BCUT2D eigenvalue weighted by Gasteiger charge is 2.27. The largest absolute Gasteiger partial charge is 0.383 e. The third-order valence-electron chi connectivity index (χ3n) is 4.87.